The summed E-state index contributed by atoms with van der Waals surface area (Å²) < 4.78 is 29.1. The molecule has 15 heavy (non-hydrogen) atoms. The molecule has 0 aliphatic heterocycles. The number of nitrogens with zero attached hydrogens (tertiary/aromatic N) is 2. The van der Waals surface area contributed by atoms with Crippen LogP contribution in [0.3, 0.4) is 0 Å². The van der Waals surface area contributed by atoms with Crippen molar-refractivity contribution >= 4 is 5.69 Å². The van der Waals surface area contributed by atoms with Crippen molar-refractivity contribution in [2.24, 2.45) is 0 Å². The molecule has 0 saturated carbocycles. The molecule has 1 N–H and O–H groups in total. The standard InChI is InChI=1S/C7H6F2N2O4/c1-15-6-4(7(8)9)10-2-3(12)5(6)11(13)14/h2,7,12H,1H3. The Labute approximate surface area is 82.3 Å². The van der Waals surface area contributed by atoms with Crippen LogP contribution >= 0.6 is 0 Å². The molecule has 0 unspecified atom stereocenters. The highest BCUT2D eigenvalue weighted by Crippen LogP contribution is 2.40. The Morgan fingerprint density at radius 2 is 2.27 bits per heavy atom. The second-order valence-electron chi connectivity index (χ2n) is 2.47. The minimum absolute atomic E-state index is 0.585. The van der Waals surface area contributed by atoms with Crippen molar-refractivity contribution in [2.45, 2.75) is 6.43 Å². The zero-order chi connectivity index (χ0) is 11.6. The average molecular weight is 220 g/mol. The molecule has 0 aromatic carbocycles. The van der Waals surface area contributed by atoms with Gasteiger partial charge in [-0.3, -0.25) is 10.1 Å². The van der Waals surface area contributed by atoms with Crippen molar-refractivity contribution in [2.75, 3.05) is 7.11 Å². The third kappa shape index (κ3) is 1.92. The third-order valence-corrected chi connectivity index (χ3v) is 1.61. The Morgan fingerprint density at radius 3 is 2.67 bits per heavy atom. The Kier molecular flexibility index (Phi) is 2.98. The summed E-state index contributed by atoms with van der Waals surface area (Å²) >= 11 is 0. The Morgan fingerprint density at radius 1 is 1.67 bits per heavy atom. The molecule has 1 aromatic rings. The van der Waals surface area contributed by atoms with Crippen molar-refractivity contribution < 1.29 is 23.5 Å². The largest absolute Gasteiger partial charge is 0.501 e. The molecule has 0 fully saturated rings. The lowest BCUT2D eigenvalue weighted by Crippen LogP contribution is -2.01. The van der Waals surface area contributed by atoms with Crippen molar-refractivity contribution in [3.8, 4) is 11.5 Å². The molecule has 0 aliphatic rings. The van der Waals surface area contributed by atoms with Gasteiger partial charge in [-0.1, -0.05) is 0 Å². The van der Waals surface area contributed by atoms with Gasteiger partial charge in [0.05, 0.1) is 18.2 Å². The Balaban J connectivity index is 3.47. The van der Waals surface area contributed by atoms with Gasteiger partial charge in [0.2, 0.25) is 11.5 Å². The van der Waals surface area contributed by atoms with Gasteiger partial charge in [-0.15, -0.1) is 0 Å². The maximum absolute atomic E-state index is 12.3. The number of nitro groups is 1. The monoisotopic (exact) mass is 220 g/mol. The molecule has 82 valence electrons. The lowest BCUT2D eigenvalue weighted by Gasteiger charge is -2.07. The van der Waals surface area contributed by atoms with E-state index in [2.05, 4.69) is 9.72 Å². The molecule has 0 spiro atoms. The van der Waals surface area contributed by atoms with E-state index < -0.39 is 34.2 Å². The van der Waals surface area contributed by atoms with Crippen LogP contribution in [-0.2, 0) is 0 Å². The van der Waals surface area contributed by atoms with Crippen LogP contribution in [-0.4, -0.2) is 22.1 Å². The van der Waals surface area contributed by atoms with Crippen LogP contribution in [0.15, 0.2) is 6.20 Å². The highest BCUT2D eigenvalue weighted by molar-refractivity contribution is 5.57. The minimum atomic E-state index is -3.01. The predicted octanol–water partition coefficient (Wildman–Crippen LogP) is 1.64. The molecular formula is C7H6F2N2O4. The van der Waals surface area contributed by atoms with E-state index in [1.54, 1.807) is 0 Å². The van der Waals surface area contributed by atoms with E-state index in [4.69, 9.17) is 5.11 Å². The number of ether oxygens (including phenoxy) is 1. The fraction of sp³-hybridized carbons (Fsp3) is 0.286. The zero-order valence-electron chi connectivity index (χ0n) is 7.48. The minimum Gasteiger partial charge on any atom is -0.501 e. The first kappa shape index (κ1) is 11.1. The summed E-state index contributed by atoms with van der Waals surface area (Å²) in [7, 11) is 0.981. The molecule has 1 heterocycles. The SMILES string of the molecule is COc1c(C(F)F)ncc(O)c1[N+](=O)[O-]. The lowest BCUT2D eigenvalue weighted by molar-refractivity contribution is -0.387. The summed E-state index contributed by atoms with van der Waals surface area (Å²) in [5.41, 5.74) is -1.79. The quantitative estimate of drug-likeness (QED) is 0.618. The molecule has 0 saturated heterocycles. The lowest BCUT2D eigenvalue weighted by atomic mass is 10.2. The highest BCUT2D eigenvalue weighted by Gasteiger charge is 2.29. The Bertz CT molecular complexity index is 397. The van der Waals surface area contributed by atoms with Crippen molar-refractivity contribution in [3.63, 3.8) is 0 Å². The van der Waals surface area contributed by atoms with E-state index in [0.29, 0.717) is 6.20 Å². The van der Waals surface area contributed by atoms with Gasteiger partial charge in [-0.25, -0.2) is 13.8 Å². The molecule has 0 atom stereocenters. The van der Waals surface area contributed by atoms with Gasteiger partial charge in [0, 0.05) is 0 Å². The third-order valence-electron chi connectivity index (χ3n) is 1.61. The van der Waals surface area contributed by atoms with Crippen LogP contribution < -0.4 is 4.74 Å². The van der Waals surface area contributed by atoms with Gasteiger partial charge in [-0.05, 0) is 0 Å². The number of hydrogen-bond acceptors (Lipinski definition) is 5. The molecule has 6 nitrogen and oxygen atoms in total. The van der Waals surface area contributed by atoms with Crippen LogP contribution in [0.1, 0.15) is 12.1 Å². The Hall–Kier alpha value is -1.99. The summed E-state index contributed by atoms with van der Waals surface area (Å²) in [5, 5.41) is 19.5. The van der Waals surface area contributed by atoms with E-state index in [0.717, 1.165) is 7.11 Å². The summed E-state index contributed by atoms with van der Waals surface area (Å²) in [4.78, 5) is 12.6. The second kappa shape index (κ2) is 4.03. The van der Waals surface area contributed by atoms with Crippen LogP contribution in [0, 0.1) is 10.1 Å². The van der Waals surface area contributed by atoms with Crippen molar-refractivity contribution in [1.82, 2.24) is 4.98 Å². The maximum Gasteiger partial charge on any atom is 0.355 e. The molecule has 1 rings (SSSR count). The van der Waals surface area contributed by atoms with E-state index in [1.807, 2.05) is 0 Å². The number of alkyl halides is 2. The number of pyridine rings is 1. The van der Waals surface area contributed by atoms with Crippen LogP contribution in [0.5, 0.6) is 11.5 Å². The van der Waals surface area contributed by atoms with E-state index in [1.165, 1.54) is 0 Å². The zero-order valence-corrected chi connectivity index (χ0v) is 7.48. The van der Waals surface area contributed by atoms with Crippen LogP contribution in [0.25, 0.3) is 0 Å². The van der Waals surface area contributed by atoms with Crippen molar-refractivity contribution in [3.05, 3.63) is 22.0 Å². The smallest absolute Gasteiger partial charge is 0.355 e. The topological polar surface area (TPSA) is 85.5 Å². The van der Waals surface area contributed by atoms with Gasteiger partial charge in [0.15, 0.2) is 5.69 Å². The first-order valence-electron chi connectivity index (χ1n) is 3.67. The van der Waals surface area contributed by atoms with Gasteiger partial charge in [0.1, 0.15) is 0 Å². The molecule has 0 bridgehead atoms. The number of aromatic hydroxyl groups is 1. The summed E-state index contributed by atoms with van der Waals surface area (Å²) in [6.45, 7) is 0. The van der Waals surface area contributed by atoms with Gasteiger partial charge in [-0.2, -0.15) is 0 Å². The molecular weight excluding hydrogens is 214 g/mol. The molecule has 0 amide bonds. The molecule has 0 aliphatic carbocycles. The van der Waals surface area contributed by atoms with Crippen molar-refractivity contribution in [1.29, 1.82) is 0 Å². The number of halogens is 2. The fourth-order valence-corrected chi connectivity index (χ4v) is 1.02. The van der Waals surface area contributed by atoms with E-state index >= 15 is 0 Å². The van der Waals surface area contributed by atoms with E-state index in [-0.39, 0.29) is 0 Å². The average Bonchev–Trinajstić information content (AvgIpc) is 2.15. The fourth-order valence-electron chi connectivity index (χ4n) is 1.02. The number of rotatable bonds is 3. The van der Waals surface area contributed by atoms with Crippen LogP contribution in [0.4, 0.5) is 14.5 Å². The summed E-state index contributed by atoms with van der Waals surface area (Å²) in [6, 6.07) is 0. The van der Waals surface area contributed by atoms with Gasteiger partial charge < -0.3 is 9.84 Å². The summed E-state index contributed by atoms with van der Waals surface area (Å²) in [6.07, 6.45) is -2.43. The highest BCUT2D eigenvalue weighted by atomic mass is 19.3. The number of hydrogen-bond donors (Lipinski definition) is 1. The number of methoxy groups -OCH3 is 1. The van der Waals surface area contributed by atoms with Gasteiger partial charge >= 0.3 is 5.69 Å². The molecule has 8 heteroatoms. The first-order chi connectivity index (χ1) is 6.99. The first-order valence-corrected chi connectivity index (χ1v) is 3.67. The second-order valence-corrected chi connectivity index (χ2v) is 2.47. The van der Waals surface area contributed by atoms with Crippen LogP contribution in [0.2, 0.25) is 0 Å². The molecule has 1 aromatic heterocycles. The summed E-state index contributed by atoms with van der Waals surface area (Å²) in [5.74, 6) is -1.55. The molecule has 0 radical (unpaired) electrons. The van der Waals surface area contributed by atoms with Gasteiger partial charge in [0.25, 0.3) is 6.43 Å². The van der Waals surface area contributed by atoms with E-state index in [9.17, 15) is 18.9 Å². The number of aromatic nitrogens is 1. The maximum atomic E-state index is 12.3. The predicted molar refractivity (Wildman–Crippen MR) is 44.1 cm³/mol. The normalized spacial score (nSPS) is 10.4.